The summed E-state index contributed by atoms with van der Waals surface area (Å²) in [7, 11) is 0. The Morgan fingerprint density at radius 2 is 1.84 bits per heavy atom. The standard InChI is InChI=1S/C17H19N3O2S3/c1-10(2)9-23-16-19-20-17(25-16)24-12(4)15(22)18-14-7-5-13(6-8-14)11(3)21/h5-8,12H,1,9H2,2-4H3,(H,18,22)/t12-/m0/s1. The Kier molecular flexibility index (Phi) is 7.22. The topological polar surface area (TPSA) is 72.0 Å². The number of benzene rings is 1. The van der Waals surface area contributed by atoms with E-state index in [2.05, 4.69) is 22.1 Å². The molecule has 0 bridgehead atoms. The Morgan fingerprint density at radius 1 is 1.20 bits per heavy atom. The number of rotatable bonds is 8. The van der Waals surface area contributed by atoms with Crippen molar-refractivity contribution in [1.29, 1.82) is 0 Å². The first-order valence-corrected chi connectivity index (χ1v) is 10.2. The number of amides is 1. The van der Waals surface area contributed by atoms with Crippen LogP contribution in [0.4, 0.5) is 5.69 Å². The number of carbonyl (C=O) groups excluding carboxylic acids is 2. The Labute approximate surface area is 159 Å². The van der Waals surface area contributed by atoms with Crippen LogP contribution in [0.1, 0.15) is 31.1 Å². The zero-order valence-electron chi connectivity index (χ0n) is 14.2. The fraction of sp³-hybridized carbons (Fsp3) is 0.294. The van der Waals surface area contributed by atoms with Gasteiger partial charge < -0.3 is 5.32 Å². The van der Waals surface area contributed by atoms with E-state index in [0.717, 1.165) is 20.0 Å². The molecule has 0 unspecified atom stereocenters. The van der Waals surface area contributed by atoms with Crippen molar-refractivity contribution in [3.8, 4) is 0 Å². The fourth-order valence-electron chi connectivity index (χ4n) is 1.72. The van der Waals surface area contributed by atoms with Gasteiger partial charge in [0.25, 0.3) is 0 Å². The maximum atomic E-state index is 12.3. The van der Waals surface area contributed by atoms with E-state index in [9.17, 15) is 9.59 Å². The predicted octanol–water partition coefficient (Wildman–Crippen LogP) is 4.53. The SMILES string of the molecule is C=C(C)CSc1nnc(S[C@@H](C)C(=O)Nc2ccc(C(C)=O)cc2)s1. The van der Waals surface area contributed by atoms with Crippen LogP contribution in [0.5, 0.6) is 0 Å². The van der Waals surface area contributed by atoms with Crippen molar-refractivity contribution in [1.82, 2.24) is 10.2 Å². The Morgan fingerprint density at radius 3 is 2.44 bits per heavy atom. The number of Topliss-reactive ketones (excluding diaryl/α,β-unsaturated/α-hetero) is 1. The summed E-state index contributed by atoms with van der Waals surface area (Å²) in [5, 5.41) is 10.8. The summed E-state index contributed by atoms with van der Waals surface area (Å²) in [4.78, 5) is 23.6. The summed E-state index contributed by atoms with van der Waals surface area (Å²) in [6.45, 7) is 9.17. The van der Waals surface area contributed by atoms with Crippen molar-refractivity contribution >= 4 is 52.2 Å². The molecule has 2 aromatic rings. The minimum atomic E-state index is -0.306. The summed E-state index contributed by atoms with van der Waals surface area (Å²) in [6.07, 6.45) is 0. The summed E-state index contributed by atoms with van der Waals surface area (Å²) < 4.78 is 1.64. The van der Waals surface area contributed by atoms with E-state index in [1.807, 2.05) is 13.8 Å². The highest BCUT2D eigenvalue weighted by Gasteiger charge is 2.17. The molecule has 8 heteroatoms. The lowest BCUT2D eigenvalue weighted by Crippen LogP contribution is -2.22. The Bertz CT molecular complexity index is 772. The molecule has 1 N–H and O–H groups in total. The Hall–Kier alpha value is -1.64. The molecule has 0 fully saturated rings. The molecule has 5 nitrogen and oxygen atoms in total. The van der Waals surface area contributed by atoms with Gasteiger partial charge in [-0.05, 0) is 45.0 Å². The van der Waals surface area contributed by atoms with Crippen LogP contribution in [-0.4, -0.2) is 32.9 Å². The molecule has 0 saturated carbocycles. The number of hydrogen-bond acceptors (Lipinski definition) is 7. The van der Waals surface area contributed by atoms with E-state index >= 15 is 0 Å². The van der Waals surface area contributed by atoms with Gasteiger partial charge in [0, 0.05) is 17.0 Å². The fourth-order valence-corrected chi connectivity index (χ4v) is 4.73. The molecule has 25 heavy (non-hydrogen) atoms. The third-order valence-electron chi connectivity index (χ3n) is 3.04. The summed E-state index contributed by atoms with van der Waals surface area (Å²) in [6, 6.07) is 6.85. The second kappa shape index (κ2) is 9.17. The maximum absolute atomic E-state index is 12.3. The van der Waals surface area contributed by atoms with E-state index < -0.39 is 0 Å². The largest absolute Gasteiger partial charge is 0.325 e. The van der Waals surface area contributed by atoms with Gasteiger partial charge in [-0.25, -0.2) is 0 Å². The van der Waals surface area contributed by atoms with Crippen LogP contribution in [0.2, 0.25) is 0 Å². The molecule has 1 heterocycles. The van der Waals surface area contributed by atoms with Gasteiger partial charge in [0.05, 0.1) is 5.25 Å². The van der Waals surface area contributed by atoms with Crippen LogP contribution in [0.25, 0.3) is 0 Å². The van der Waals surface area contributed by atoms with Crippen LogP contribution in [0.3, 0.4) is 0 Å². The number of thioether (sulfide) groups is 2. The van der Waals surface area contributed by atoms with Gasteiger partial charge in [0.2, 0.25) is 5.91 Å². The van der Waals surface area contributed by atoms with E-state index in [1.165, 1.54) is 30.0 Å². The maximum Gasteiger partial charge on any atom is 0.237 e. The molecule has 0 aliphatic rings. The lowest BCUT2D eigenvalue weighted by atomic mass is 10.1. The first kappa shape index (κ1) is 19.7. The second-order valence-corrected chi connectivity index (χ2v) is 9.25. The zero-order chi connectivity index (χ0) is 18.4. The monoisotopic (exact) mass is 393 g/mol. The van der Waals surface area contributed by atoms with Crippen LogP contribution in [0.15, 0.2) is 45.1 Å². The van der Waals surface area contributed by atoms with Crippen molar-refractivity contribution in [2.45, 2.75) is 34.7 Å². The molecule has 0 aliphatic carbocycles. The molecular weight excluding hydrogens is 374 g/mol. The average molecular weight is 394 g/mol. The molecule has 0 saturated heterocycles. The molecular formula is C17H19N3O2S3. The normalized spacial score (nSPS) is 11.8. The van der Waals surface area contributed by atoms with Gasteiger partial charge in [-0.3, -0.25) is 9.59 Å². The first-order chi connectivity index (χ1) is 11.8. The zero-order valence-corrected chi connectivity index (χ0v) is 16.7. The van der Waals surface area contributed by atoms with Gasteiger partial charge in [0.1, 0.15) is 0 Å². The molecule has 0 spiro atoms. The molecule has 1 amide bonds. The minimum absolute atomic E-state index is 0.00149. The van der Waals surface area contributed by atoms with Gasteiger partial charge in [-0.2, -0.15) is 0 Å². The molecule has 1 aromatic carbocycles. The number of carbonyl (C=O) groups is 2. The predicted molar refractivity (Wildman–Crippen MR) is 106 cm³/mol. The number of hydrogen-bond donors (Lipinski definition) is 1. The number of aromatic nitrogens is 2. The van der Waals surface area contributed by atoms with E-state index in [1.54, 1.807) is 36.0 Å². The first-order valence-electron chi connectivity index (χ1n) is 7.54. The number of anilines is 1. The third kappa shape index (κ3) is 6.30. The van der Waals surface area contributed by atoms with Crippen molar-refractivity contribution in [2.24, 2.45) is 0 Å². The molecule has 0 radical (unpaired) electrons. The van der Waals surface area contributed by atoms with Crippen LogP contribution in [-0.2, 0) is 4.79 Å². The lowest BCUT2D eigenvalue weighted by Gasteiger charge is -2.10. The summed E-state index contributed by atoms with van der Waals surface area (Å²) >= 11 is 4.45. The van der Waals surface area contributed by atoms with Crippen LogP contribution in [0, 0.1) is 0 Å². The lowest BCUT2D eigenvalue weighted by molar-refractivity contribution is -0.115. The van der Waals surface area contributed by atoms with Crippen molar-refractivity contribution in [3.05, 3.63) is 42.0 Å². The summed E-state index contributed by atoms with van der Waals surface area (Å²) in [5.74, 6) is 0.691. The average Bonchev–Trinajstić information content (AvgIpc) is 3.00. The van der Waals surface area contributed by atoms with Crippen molar-refractivity contribution in [2.75, 3.05) is 11.1 Å². The third-order valence-corrected chi connectivity index (χ3v) is 6.51. The Balaban J connectivity index is 1.89. The van der Waals surface area contributed by atoms with Crippen molar-refractivity contribution < 1.29 is 9.59 Å². The molecule has 2 rings (SSSR count). The molecule has 0 aliphatic heterocycles. The summed E-state index contributed by atoms with van der Waals surface area (Å²) in [5.41, 5.74) is 2.37. The number of nitrogens with zero attached hydrogens (tertiary/aromatic N) is 2. The molecule has 1 atom stereocenters. The highest BCUT2D eigenvalue weighted by molar-refractivity contribution is 8.04. The van der Waals surface area contributed by atoms with E-state index in [4.69, 9.17) is 0 Å². The highest BCUT2D eigenvalue weighted by atomic mass is 32.2. The number of nitrogens with one attached hydrogen (secondary N) is 1. The van der Waals surface area contributed by atoms with Gasteiger partial charge in [-0.1, -0.05) is 47.0 Å². The second-order valence-electron chi connectivity index (χ2n) is 5.46. The molecule has 132 valence electrons. The van der Waals surface area contributed by atoms with Crippen LogP contribution >= 0.6 is 34.9 Å². The highest BCUT2D eigenvalue weighted by Crippen LogP contribution is 2.32. The minimum Gasteiger partial charge on any atom is -0.325 e. The van der Waals surface area contributed by atoms with E-state index in [0.29, 0.717) is 11.3 Å². The smallest absolute Gasteiger partial charge is 0.237 e. The molecule has 1 aromatic heterocycles. The quantitative estimate of drug-likeness (QED) is 0.404. The van der Waals surface area contributed by atoms with Gasteiger partial charge in [0.15, 0.2) is 14.5 Å². The van der Waals surface area contributed by atoms with Crippen LogP contribution < -0.4 is 5.32 Å². The van der Waals surface area contributed by atoms with Gasteiger partial charge >= 0.3 is 0 Å². The van der Waals surface area contributed by atoms with E-state index in [-0.39, 0.29) is 16.9 Å². The van der Waals surface area contributed by atoms with Gasteiger partial charge in [-0.15, -0.1) is 10.2 Å². The number of ketones is 1. The van der Waals surface area contributed by atoms with Crippen molar-refractivity contribution in [3.63, 3.8) is 0 Å².